The number of hydrogen-bond donors (Lipinski definition) is 1. The molecule has 3 atom stereocenters. The Morgan fingerprint density at radius 2 is 1.95 bits per heavy atom. The lowest BCUT2D eigenvalue weighted by Crippen LogP contribution is -2.27. The van der Waals surface area contributed by atoms with Gasteiger partial charge in [0.2, 0.25) is 0 Å². The zero-order valence-electron chi connectivity index (χ0n) is 12.8. The molecule has 0 amide bonds. The minimum absolute atomic E-state index is 0.125. The van der Waals surface area contributed by atoms with Crippen LogP contribution in [0.3, 0.4) is 0 Å². The van der Waals surface area contributed by atoms with E-state index in [1.54, 1.807) is 14.2 Å². The van der Waals surface area contributed by atoms with Crippen molar-refractivity contribution >= 4 is 5.69 Å². The quantitative estimate of drug-likeness (QED) is 0.857. The third-order valence-corrected chi connectivity index (χ3v) is 4.07. The van der Waals surface area contributed by atoms with Crippen LogP contribution in [-0.4, -0.2) is 51.5 Å². The Balaban J connectivity index is 2.07. The first kappa shape index (κ1) is 15.2. The van der Waals surface area contributed by atoms with E-state index in [0.717, 1.165) is 30.9 Å². The zero-order valence-corrected chi connectivity index (χ0v) is 12.8. The number of anilines is 1. The van der Waals surface area contributed by atoms with Crippen molar-refractivity contribution in [2.45, 2.75) is 31.6 Å². The Morgan fingerprint density at radius 1 is 1.30 bits per heavy atom. The summed E-state index contributed by atoms with van der Waals surface area (Å²) in [5.74, 6) is 0. The van der Waals surface area contributed by atoms with Gasteiger partial charge in [-0.25, -0.2) is 0 Å². The SMILES string of the molecule is CCC(NC)c1ccc(N2CC(OC)C(OC)C2)cn1. The molecule has 20 heavy (non-hydrogen) atoms. The van der Waals surface area contributed by atoms with E-state index in [1.165, 1.54) is 0 Å². The average Bonchev–Trinajstić information content (AvgIpc) is 2.92. The second-order valence-corrected chi connectivity index (χ2v) is 5.14. The third kappa shape index (κ3) is 3.11. The number of hydrogen-bond acceptors (Lipinski definition) is 5. The molecule has 0 radical (unpaired) electrons. The van der Waals surface area contributed by atoms with Gasteiger partial charge in [0, 0.05) is 33.4 Å². The van der Waals surface area contributed by atoms with Gasteiger partial charge in [0.15, 0.2) is 0 Å². The fraction of sp³-hybridized carbons (Fsp3) is 0.667. The van der Waals surface area contributed by atoms with E-state index in [9.17, 15) is 0 Å². The summed E-state index contributed by atoms with van der Waals surface area (Å²) in [5, 5.41) is 3.27. The zero-order chi connectivity index (χ0) is 14.5. The summed E-state index contributed by atoms with van der Waals surface area (Å²) in [7, 11) is 5.44. The first-order chi connectivity index (χ1) is 9.73. The van der Waals surface area contributed by atoms with Crippen LogP contribution in [0.4, 0.5) is 5.69 Å². The summed E-state index contributed by atoms with van der Waals surface area (Å²) in [6.07, 6.45) is 3.23. The summed E-state index contributed by atoms with van der Waals surface area (Å²) in [6.45, 7) is 3.85. The van der Waals surface area contributed by atoms with Crippen LogP contribution in [-0.2, 0) is 9.47 Å². The predicted octanol–water partition coefficient (Wildman–Crippen LogP) is 1.60. The van der Waals surface area contributed by atoms with Crippen molar-refractivity contribution in [1.82, 2.24) is 10.3 Å². The molecule has 1 aromatic heterocycles. The highest BCUT2D eigenvalue weighted by Gasteiger charge is 2.33. The van der Waals surface area contributed by atoms with Gasteiger partial charge in [-0.3, -0.25) is 4.98 Å². The number of ether oxygens (including phenoxy) is 2. The fourth-order valence-electron chi connectivity index (χ4n) is 2.76. The van der Waals surface area contributed by atoms with Crippen molar-refractivity contribution in [2.75, 3.05) is 39.3 Å². The van der Waals surface area contributed by atoms with Gasteiger partial charge in [-0.05, 0) is 25.6 Å². The van der Waals surface area contributed by atoms with Crippen molar-refractivity contribution < 1.29 is 9.47 Å². The van der Waals surface area contributed by atoms with Crippen LogP contribution in [0.15, 0.2) is 18.3 Å². The van der Waals surface area contributed by atoms with Gasteiger partial charge < -0.3 is 19.7 Å². The van der Waals surface area contributed by atoms with Gasteiger partial charge in [-0.2, -0.15) is 0 Å². The fourth-order valence-corrected chi connectivity index (χ4v) is 2.76. The summed E-state index contributed by atoms with van der Waals surface area (Å²) in [6, 6.07) is 4.55. The molecule has 1 aliphatic rings. The molecular formula is C15H25N3O2. The molecule has 2 heterocycles. The molecule has 5 heteroatoms. The Kier molecular flexibility index (Phi) is 5.34. The number of nitrogens with one attached hydrogen (secondary N) is 1. The highest BCUT2D eigenvalue weighted by molar-refractivity contribution is 5.46. The van der Waals surface area contributed by atoms with E-state index in [4.69, 9.17) is 9.47 Å². The summed E-state index contributed by atoms with van der Waals surface area (Å²) in [5.41, 5.74) is 2.21. The predicted molar refractivity (Wildman–Crippen MR) is 80.1 cm³/mol. The smallest absolute Gasteiger partial charge is 0.102 e. The van der Waals surface area contributed by atoms with Crippen molar-refractivity contribution in [3.05, 3.63) is 24.0 Å². The van der Waals surface area contributed by atoms with Crippen LogP contribution in [0.25, 0.3) is 0 Å². The van der Waals surface area contributed by atoms with Crippen molar-refractivity contribution in [3.63, 3.8) is 0 Å². The van der Waals surface area contributed by atoms with Gasteiger partial charge in [-0.1, -0.05) is 6.92 Å². The second-order valence-electron chi connectivity index (χ2n) is 5.14. The van der Waals surface area contributed by atoms with E-state index in [-0.39, 0.29) is 12.2 Å². The Hall–Kier alpha value is -1.17. The monoisotopic (exact) mass is 279 g/mol. The molecule has 1 saturated heterocycles. The number of methoxy groups -OCH3 is 2. The molecule has 0 bridgehead atoms. The van der Waals surface area contributed by atoms with E-state index in [2.05, 4.69) is 34.3 Å². The normalized spacial score (nSPS) is 24.1. The minimum Gasteiger partial charge on any atom is -0.377 e. The van der Waals surface area contributed by atoms with Crippen LogP contribution in [0, 0.1) is 0 Å². The lowest BCUT2D eigenvalue weighted by atomic mass is 10.1. The first-order valence-electron chi connectivity index (χ1n) is 7.17. The highest BCUT2D eigenvalue weighted by atomic mass is 16.5. The molecule has 1 aromatic rings. The van der Waals surface area contributed by atoms with Gasteiger partial charge in [0.1, 0.15) is 12.2 Å². The molecule has 112 valence electrons. The molecule has 1 N–H and O–H groups in total. The van der Waals surface area contributed by atoms with Crippen molar-refractivity contribution in [3.8, 4) is 0 Å². The standard InChI is InChI=1S/C15H25N3O2/c1-5-12(16-2)13-7-6-11(8-17-13)18-9-14(19-3)15(10-18)20-4/h6-8,12,14-16H,5,9-10H2,1-4H3. The lowest BCUT2D eigenvalue weighted by molar-refractivity contribution is -0.00461. The maximum Gasteiger partial charge on any atom is 0.102 e. The average molecular weight is 279 g/mol. The van der Waals surface area contributed by atoms with Crippen LogP contribution in [0.1, 0.15) is 25.1 Å². The van der Waals surface area contributed by atoms with Gasteiger partial charge in [0.25, 0.3) is 0 Å². The van der Waals surface area contributed by atoms with Gasteiger partial charge >= 0.3 is 0 Å². The topological polar surface area (TPSA) is 46.6 Å². The molecule has 0 saturated carbocycles. The summed E-state index contributed by atoms with van der Waals surface area (Å²) >= 11 is 0. The van der Waals surface area contributed by atoms with Gasteiger partial charge in [-0.15, -0.1) is 0 Å². The molecule has 0 spiro atoms. The Bertz CT molecular complexity index is 394. The molecule has 0 aromatic carbocycles. The van der Waals surface area contributed by atoms with Crippen LogP contribution in [0.5, 0.6) is 0 Å². The minimum atomic E-state index is 0.125. The molecular weight excluding hydrogens is 254 g/mol. The summed E-state index contributed by atoms with van der Waals surface area (Å²) < 4.78 is 10.9. The second kappa shape index (κ2) is 7.02. The molecule has 5 nitrogen and oxygen atoms in total. The molecule has 1 aliphatic heterocycles. The first-order valence-corrected chi connectivity index (χ1v) is 7.17. The summed E-state index contributed by atoms with van der Waals surface area (Å²) in [4.78, 5) is 6.84. The number of aromatic nitrogens is 1. The third-order valence-electron chi connectivity index (χ3n) is 4.07. The van der Waals surface area contributed by atoms with E-state index < -0.39 is 0 Å². The number of pyridine rings is 1. The van der Waals surface area contributed by atoms with Gasteiger partial charge in [0.05, 0.1) is 17.6 Å². The van der Waals surface area contributed by atoms with E-state index in [0.29, 0.717) is 6.04 Å². The van der Waals surface area contributed by atoms with E-state index in [1.807, 2.05) is 13.2 Å². The molecule has 2 rings (SSSR count). The Labute approximate surface area is 121 Å². The highest BCUT2D eigenvalue weighted by Crippen LogP contribution is 2.24. The number of nitrogens with zero attached hydrogens (tertiary/aromatic N) is 2. The molecule has 1 fully saturated rings. The molecule has 0 aliphatic carbocycles. The van der Waals surface area contributed by atoms with Crippen LogP contribution >= 0.6 is 0 Å². The Morgan fingerprint density at radius 3 is 2.35 bits per heavy atom. The molecule has 3 unspecified atom stereocenters. The maximum absolute atomic E-state index is 5.47. The maximum atomic E-state index is 5.47. The van der Waals surface area contributed by atoms with Crippen molar-refractivity contribution in [2.24, 2.45) is 0 Å². The largest absolute Gasteiger partial charge is 0.377 e. The van der Waals surface area contributed by atoms with Crippen LogP contribution < -0.4 is 10.2 Å². The van der Waals surface area contributed by atoms with Crippen molar-refractivity contribution in [1.29, 1.82) is 0 Å². The van der Waals surface area contributed by atoms with E-state index >= 15 is 0 Å². The number of rotatable bonds is 6. The lowest BCUT2D eigenvalue weighted by Gasteiger charge is -2.19. The van der Waals surface area contributed by atoms with Crippen LogP contribution in [0.2, 0.25) is 0 Å².